The molecule has 0 spiro atoms. The maximum Gasteiger partial charge on any atom is 0.407 e. The molecule has 0 saturated heterocycles. The van der Waals surface area contributed by atoms with E-state index in [9.17, 15) is 9.59 Å². The highest BCUT2D eigenvalue weighted by atomic mass is 16.5. The minimum Gasteiger partial charge on any atom is -0.445 e. The first kappa shape index (κ1) is 16.6. The van der Waals surface area contributed by atoms with Crippen LogP contribution in [0.15, 0.2) is 48.5 Å². The zero-order valence-electron chi connectivity index (χ0n) is 13.7. The fourth-order valence-electron chi connectivity index (χ4n) is 2.48. The molecule has 126 valence electrons. The Morgan fingerprint density at radius 1 is 1.20 bits per heavy atom. The van der Waals surface area contributed by atoms with E-state index in [1.54, 1.807) is 6.07 Å². The third-order valence-corrected chi connectivity index (χ3v) is 3.75. The van der Waals surface area contributed by atoms with E-state index in [0.717, 1.165) is 16.7 Å². The van der Waals surface area contributed by atoms with E-state index in [0.29, 0.717) is 25.1 Å². The first-order chi connectivity index (χ1) is 12.2. The molecular formula is C20H18N2O3. The number of carbonyl (C=O) groups excluding carboxylic acids is 2. The number of alkyl carbamates (subject to hydrolysis) is 1. The van der Waals surface area contributed by atoms with Gasteiger partial charge >= 0.3 is 6.09 Å². The Kier molecular flexibility index (Phi) is 5.32. The van der Waals surface area contributed by atoms with Crippen LogP contribution in [-0.2, 0) is 17.9 Å². The van der Waals surface area contributed by atoms with Crippen LogP contribution in [0.2, 0.25) is 0 Å². The molecule has 0 bridgehead atoms. The van der Waals surface area contributed by atoms with Crippen LogP contribution < -0.4 is 10.6 Å². The Labute approximate surface area is 146 Å². The zero-order chi connectivity index (χ0) is 17.5. The SMILES string of the molecule is O=C(NCCC#Cc1ccc2c(c1)CNC2=O)OCc1ccccc1. The molecule has 2 aromatic carbocycles. The lowest BCUT2D eigenvalue weighted by Gasteiger charge is -2.05. The van der Waals surface area contributed by atoms with Gasteiger partial charge in [-0.05, 0) is 29.3 Å². The second-order valence-corrected chi connectivity index (χ2v) is 5.59. The summed E-state index contributed by atoms with van der Waals surface area (Å²) in [4.78, 5) is 23.1. The van der Waals surface area contributed by atoms with Gasteiger partial charge < -0.3 is 15.4 Å². The predicted molar refractivity (Wildman–Crippen MR) is 93.7 cm³/mol. The average Bonchev–Trinajstić information content (AvgIpc) is 3.01. The van der Waals surface area contributed by atoms with Crippen LogP contribution in [0.4, 0.5) is 4.79 Å². The summed E-state index contributed by atoms with van der Waals surface area (Å²) >= 11 is 0. The second-order valence-electron chi connectivity index (χ2n) is 5.59. The molecule has 2 amide bonds. The normalized spacial score (nSPS) is 11.8. The molecule has 1 heterocycles. The Bertz CT molecular complexity index is 835. The van der Waals surface area contributed by atoms with Gasteiger partial charge in [-0.3, -0.25) is 4.79 Å². The number of carbonyl (C=O) groups is 2. The first-order valence-corrected chi connectivity index (χ1v) is 8.07. The van der Waals surface area contributed by atoms with Crippen molar-refractivity contribution in [2.45, 2.75) is 19.6 Å². The molecule has 2 aromatic rings. The number of benzene rings is 2. The Hall–Kier alpha value is -3.26. The second kappa shape index (κ2) is 8.02. The first-order valence-electron chi connectivity index (χ1n) is 8.07. The molecule has 3 rings (SSSR count). The van der Waals surface area contributed by atoms with Gasteiger partial charge in [-0.25, -0.2) is 4.79 Å². The predicted octanol–water partition coefficient (Wildman–Crippen LogP) is 2.60. The van der Waals surface area contributed by atoms with Crippen LogP contribution >= 0.6 is 0 Å². The van der Waals surface area contributed by atoms with Gasteiger partial charge in [-0.15, -0.1) is 0 Å². The van der Waals surface area contributed by atoms with Crippen molar-refractivity contribution < 1.29 is 14.3 Å². The Morgan fingerprint density at radius 2 is 2.04 bits per heavy atom. The van der Waals surface area contributed by atoms with E-state index < -0.39 is 6.09 Å². The third-order valence-electron chi connectivity index (χ3n) is 3.75. The van der Waals surface area contributed by atoms with Crippen LogP contribution in [0.5, 0.6) is 0 Å². The van der Waals surface area contributed by atoms with Gasteiger partial charge in [0.05, 0.1) is 0 Å². The van der Waals surface area contributed by atoms with Crippen molar-refractivity contribution in [2.24, 2.45) is 0 Å². The lowest BCUT2D eigenvalue weighted by molar-refractivity contribution is 0.0965. The zero-order valence-corrected chi connectivity index (χ0v) is 13.7. The van der Waals surface area contributed by atoms with Crippen LogP contribution in [0.1, 0.15) is 33.5 Å². The molecule has 5 nitrogen and oxygen atoms in total. The fourth-order valence-corrected chi connectivity index (χ4v) is 2.48. The minimum absolute atomic E-state index is 0.0345. The lowest BCUT2D eigenvalue weighted by atomic mass is 10.1. The smallest absolute Gasteiger partial charge is 0.407 e. The number of fused-ring (bicyclic) bond motifs is 1. The maximum absolute atomic E-state index is 11.6. The van der Waals surface area contributed by atoms with Crippen LogP contribution in [0.25, 0.3) is 0 Å². The number of rotatable bonds is 4. The van der Waals surface area contributed by atoms with E-state index in [2.05, 4.69) is 22.5 Å². The fraction of sp³-hybridized carbons (Fsp3) is 0.200. The van der Waals surface area contributed by atoms with E-state index in [-0.39, 0.29) is 12.5 Å². The Morgan fingerprint density at radius 3 is 2.88 bits per heavy atom. The van der Waals surface area contributed by atoms with Crippen LogP contribution in [-0.4, -0.2) is 18.5 Å². The van der Waals surface area contributed by atoms with Gasteiger partial charge in [0.1, 0.15) is 6.61 Å². The van der Waals surface area contributed by atoms with Gasteiger partial charge in [0.25, 0.3) is 5.91 Å². The highest BCUT2D eigenvalue weighted by Crippen LogP contribution is 2.16. The summed E-state index contributed by atoms with van der Waals surface area (Å²) in [5.74, 6) is 6.01. The van der Waals surface area contributed by atoms with Crippen molar-refractivity contribution in [3.63, 3.8) is 0 Å². The van der Waals surface area contributed by atoms with Crippen molar-refractivity contribution in [2.75, 3.05) is 6.54 Å². The molecule has 25 heavy (non-hydrogen) atoms. The van der Waals surface area contributed by atoms with Gasteiger partial charge in [-0.2, -0.15) is 0 Å². The standard InChI is InChI=1S/C20H18N2O3/c23-19-18-10-9-15(12-17(18)13-22-19)6-4-5-11-21-20(24)25-14-16-7-2-1-3-8-16/h1-3,7-10,12H,5,11,13-14H2,(H,21,24)(H,22,23). The number of nitrogens with one attached hydrogen (secondary N) is 2. The van der Waals surface area contributed by atoms with Crippen molar-refractivity contribution >= 4 is 12.0 Å². The molecule has 1 aliphatic heterocycles. The third kappa shape index (κ3) is 4.61. The molecule has 5 heteroatoms. The number of amides is 2. The van der Waals surface area contributed by atoms with Gasteiger partial charge in [0.15, 0.2) is 0 Å². The largest absolute Gasteiger partial charge is 0.445 e. The highest BCUT2D eigenvalue weighted by Gasteiger charge is 2.17. The topological polar surface area (TPSA) is 67.4 Å². The van der Waals surface area contributed by atoms with Gasteiger partial charge in [0.2, 0.25) is 0 Å². The van der Waals surface area contributed by atoms with Crippen LogP contribution in [0, 0.1) is 11.8 Å². The molecule has 0 aliphatic carbocycles. The molecule has 0 aromatic heterocycles. The number of ether oxygens (including phenoxy) is 1. The van der Waals surface area contributed by atoms with Crippen molar-refractivity contribution in [3.05, 3.63) is 70.8 Å². The molecule has 0 atom stereocenters. The van der Waals surface area contributed by atoms with E-state index in [1.807, 2.05) is 42.5 Å². The molecule has 1 aliphatic rings. The molecule has 0 saturated carbocycles. The average molecular weight is 334 g/mol. The summed E-state index contributed by atoms with van der Waals surface area (Å²) in [7, 11) is 0. The maximum atomic E-state index is 11.6. The number of hydrogen-bond donors (Lipinski definition) is 2. The summed E-state index contributed by atoms with van der Waals surface area (Å²) < 4.78 is 5.12. The summed E-state index contributed by atoms with van der Waals surface area (Å²) in [6.45, 7) is 1.23. The lowest BCUT2D eigenvalue weighted by Crippen LogP contribution is -2.24. The molecule has 2 N–H and O–H groups in total. The molecule has 0 unspecified atom stereocenters. The van der Waals surface area contributed by atoms with Gasteiger partial charge in [-0.1, -0.05) is 42.2 Å². The van der Waals surface area contributed by atoms with E-state index in [4.69, 9.17) is 4.74 Å². The van der Waals surface area contributed by atoms with E-state index >= 15 is 0 Å². The quantitative estimate of drug-likeness (QED) is 0.667. The van der Waals surface area contributed by atoms with Crippen molar-refractivity contribution in [1.29, 1.82) is 0 Å². The molecular weight excluding hydrogens is 316 g/mol. The number of hydrogen-bond acceptors (Lipinski definition) is 3. The Balaban J connectivity index is 1.40. The minimum atomic E-state index is -0.451. The monoisotopic (exact) mass is 334 g/mol. The van der Waals surface area contributed by atoms with E-state index in [1.165, 1.54) is 0 Å². The van der Waals surface area contributed by atoms with Crippen LogP contribution in [0.3, 0.4) is 0 Å². The summed E-state index contributed by atoms with van der Waals surface area (Å²) in [5, 5.41) is 5.44. The summed E-state index contributed by atoms with van der Waals surface area (Å²) in [5.41, 5.74) is 3.50. The summed E-state index contributed by atoms with van der Waals surface area (Å²) in [6.07, 6.45) is 0.0714. The highest BCUT2D eigenvalue weighted by molar-refractivity contribution is 5.98. The van der Waals surface area contributed by atoms with Gasteiger partial charge in [0, 0.05) is 30.6 Å². The van der Waals surface area contributed by atoms with Crippen molar-refractivity contribution in [3.8, 4) is 11.8 Å². The molecule has 0 radical (unpaired) electrons. The summed E-state index contributed by atoms with van der Waals surface area (Å²) in [6, 6.07) is 15.1. The van der Waals surface area contributed by atoms with Crippen molar-refractivity contribution in [1.82, 2.24) is 10.6 Å². The molecule has 0 fully saturated rings.